The van der Waals surface area contributed by atoms with Crippen molar-refractivity contribution >= 4 is 17.9 Å². The maximum absolute atomic E-state index is 11.7. The van der Waals surface area contributed by atoms with Crippen LogP contribution in [0.4, 0.5) is 4.79 Å². The van der Waals surface area contributed by atoms with Gasteiger partial charge < -0.3 is 14.7 Å². The van der Waals surface area contributed by atoms with Gasteiger partial charge in [-0.2, -0.15) is 0 Å². The van der Waals surface area contributed by atoms with Gasteiger partial charge in [-0.1, -0.05) is 0 Å². The Morgan fingerprint density at radius 1 is 1.39 bits per heavy atom. The van der Waals surface area contributed by atoms with E-state index in [4.69, 9.17) is 9.84 Å². The van der Waals surface area contributed by atoms with Crippen LogP contribution in [0.3, 0.4) is 0 Å². The van der Waals surface area contributed by atoms with Gasteiger partial charge in [0.05, 0.1) is 12.6 Å². The van der Waals surface area contributed by atoms with Crippen molar-refractivity contribution in [1.29, 1.82) is 0 Å². The summed E-state index contributed by atoms with van der Waals surface area (Å²) in [5, 5.41) is 10.4. The molecule has 0 radical (unpaired) electrons. The van der Waals surface area contributed by atoms with E-state index in [1.165, 1.54) is 12.0 Å². The molecule has 0 bridgehead atoms. The molecule has 7 nitrogen and oxygen atoms in total. The van der Waals surface area contributed by atoms with Gasteiger partial charge in [-0.05, 0) is 13.8 Å². The highest BCUT2D eigenvalue weighted by molar-refractivity contribution is 6.02. The number of likely N-dealkylation sites (N-methyl/N-ethyl adjacent to an activating group) is 1. The number of nitrogens with zero attached hydrogens (tertiary/aromatic N) is 1. The van der Waals surface area contributed by atoms with E-state index in [1.54, 1.807) is 13.8 Å². The summed E-state index contributed by atoms with van der Waals surface area (Å²) in [5.74, 6) is -2.02. The molecule has 1 atom stereocenters. The third-order valence-electron chi connectivity index (χ3n) is 2.15. The molecular formula is C11H18N2O5. The molecule has 0 heterocycles. The van der Waals surface area contributed by atoms with Gasteiger partial charge >= 0.3 is 12.0 Å². The predicted molar refractivity (Wildman–Crippen MR) is 64.0 cm³/mol. The zero-order valence-corrected chi connectivity index (χ0v) is 10.7. The number of hydrogen-bond acceptors (Lipinski definition) is 4. The Morgan fingerprint density at radius 3 is 2.44 bits per heavy atom. The van der Waals surface area contributed by atoms with Gasteiger partial charge in [0.1, 0.15) is 0 Å². The fourth-order valence-corrected chi connectivity index (χ4v) is 1.35. The molecule has 1 unspecified atom stereocenters. The highest BCUT2D eigenvalue weighted by atomic mass is 16.5. The summed E-state index contributed by atoms with van der Waals surface area (Å²) in [6.07, 6.45) is 1.45. The molecule has 0 aromatic heterocycles. The van der Waals surface area contributed by atoms with Gasteiger partial charge in [0.2, 0.25) is 0 Å². The lowest BCUT2D eigenvalue weighted by Crippen LogP contribution is -2.48. The molecule has 18 heavy (non-hydrogen) atoms. The first-order valence-electron chi connectivity index (χ1n) is 5.43. The number of imide groups is 1. The van der Waals surface area contributed by atoms with E-state index < -0.39 is 17.9 Å². The number of hydrogen-bond donors (Lipinski definition) is 2. The van der Waals surface area contributed by atoms with Crippen LogP contribution in [-0.2, 0) is 14.3 Å². The quantitative estimate of drug-likeness (QED) is 0.664. The van der Waals surface area contributed by atoms with Crippen LogP contribution in [-0.4, -0.2) is 54.2 Å². The van der Waals surface area contributed by atoms with Crippen molar-refractivity contribution in [3.63, 3.8) is 0 Å². The average molecular weight is 258 g/mol. The first-order chi connectivity index (χ1) is 8.42. The van der Waals surface area contributed by atoms with E-state index in [-0.39, 0.29) is 6.04 Å². The van der Waals surface area contributed by atoms with Crippen LogP contribution >= 0.6 is 0 Å². The summed E-state index contributed by atoms with van der Waals surface area (Å²) in [4.78, 5) is 34.5. The number of aliphatic carboxylic acids is 1. The number of carbonyl (C=O) groups is 3. The van der Waals surface area contributed by atoms with Crippen LogP contribution in [0.1, 0.15) is 13.8 Å². The maximum Gasteiger partial charge on any atom is 0.328 e. The molecule has 0 rings (SSSR count). The fraction of sp³-hybridized carbons (Fsp3) is 0.545. The standard InChI is InChI=1S/C11H18N2O5/c1-4-13(8(2)7-18-3)11(17)12-9(14)5-6-10(15)16/h5-6,8H,4,7H2,1-3H3,(H,15,16)(H,12,14,17)/b6-5+. The molecule has 0 saturated carbocycles. The molecule has 3 amide bonds. The largest absolute Gasteiger partial charge is 0.478 e. The van der Waals surface area contributed by atoms with Crippen molar-refractivity contribution in [2.45, 2.75) is 19.9 Å². The number of urea groups is 1. The Kier molecular flexibility index (Phi) is 7.37. The van der Waals surface area contributed by atoms with Crippen LogP contribution in [0.2, 0.25) is 0 Å². The second kappa shape index (κ2) is 8.24. The summed E-state index contributed by atoms with van der Waals surface area (Å²) in [6, 6.07) is -0.765. The van der Waals surface area contributed by atoms with Crippen LogP contribution < -0.4 is 5.32 Å². The Bertz CT molecular complexity index is 340. The van der Waals surface area contributed by atoms with E-state index in [9.17, 15) is 14.4 Å². The number of ether oxygens (including phenoxy) is 1. The first kappa shape index (κ1) is 16.1. The molecule has 7 heteroatoms. The summed E-state index contributed by atoms with van der Waals surface area (Å²) < 4.78 is 4.92. The first-order valence-corrected chi connectivity index (χ1v) is 5.43. The topological polar surface area (TPSA) is 95.9 Å². The molecule has 102 valence electrons. The number of carbonyl (C=O) groups excluding carboxylic acids is 2. The smallest absolute Gasteiger partial charge is 0.328 e. The van der Waals surface area contributed by atoms with Crippen molar-refractivity contribution in [2.24, 2.45) is 0 Å². The molecule has 0 aromatic rings. The number of amides is 3. The molecule has 0 aliphatic heterocycles. The third kappa shape index (κ3) is 6.00. The normalized spacial score (nSPS) is 12.2. The number of methoxy groups -OCH3 is 1. The van der Waals surface area contributed by atoms with E-state index >= 15 is 0 Å². The molecule has 0 fully saturated rings. The summed E-state index contributed by atoms with van der Waals surface area (Å²) in [7, 11) is 1.52. The SMILES string of the molecule is CCN(C(=O)NC(=O)/C=C/C(=O)O)C(C)COC. The number of rotatable bonds is 6. The molecule has 0 aromatic carbocycles. The molecule has 0 aliphatic carbocycles. The predicted octanol–water partition coefficient (Wildman–Crippen LogP) is 0.220. The zero-order chi connectivity index (χ0) is 14.1. The van der Waals surface area contributed by atoms with Crippen molar-refractivity contribution < 1.29 is 24.2 Å². The molecular weight excluding hydrogens is 240 g/mol. The fourth-order valence-electron chi connectivity index (χ4n) is 1.35. The number of carboxylic acid groups (broad SMARTS) is 1. The van der Waals surface area contributed by atoms with E-state index in [1.807, 2.05) is 0 Å². The van der Waals surface area contributed by atoms with Crippen LogP contribution in [0.15, 0.2) is 12.2 Å². The van der Waals surface area contributed by atoms with Gasteiger partial charge in [-0.3, -0.25) is 10.1 Å². The Morgan fingerprint density at radius 2 is 2.00 bits per heavy atom. The second-order valence-corrected chi connectivity index (χ2v) is 3.56. The van der Waals surface area contributed by atoms with Gasteiger partial charge in [0, 0.05) is 25.8 Å². The zero-order valence-electron chi connectivity index (χ0n) is 10.7. The average Bonchev–Trinajstić information content (AvgIpc) is 2.27. The van der Waals surface area contributed by atoms with E-state index in [0.29, 0.717) is 19.2 Å². The Hall–Kier alpha value is -1.89. The summed E-state index contributed by atoms with van der Waals surface area (Å²) in [5.41, 5.74) is 0. The van der Waals surface area contributed by atoms with Gasteiger partial charge in [-0.25, -0.2) is 9.59 Å². The summed E-state index contributed by atoms with van der Waals surface area (Å²) >= 11 is 0. The minimum atomic E-state index is -1.25. The van der Waals surface area contributed by atoms with Gasteiger partial charge in [0.15, 0.2) is 0 Å². The monoisotopic (exact) mass is 258 g/mol. The molecule has 0 saturated heterocycles. The Balaban J connectivity index is 4.44. The second-order valence-electron chi connectivity index (χ2n) is 3.56. The molecule has 2 N–H and O–H groups in total. The van der Waals surface area contributed by atoms with Crippen molar-refractivity contribution in [1.82, 2.24) is 10.2 Å². The maximum atomic E-state index is 11.7. The third-order valence-corrected chi connectivity index (χ3v) is 2.15. The minimum absolute atomic E-state index is 0.184. The van der Waals surface area contributed by atoms with Crippen LogP contribution in [0, 0.1) is 0 Å². The lowest BCUT2D eigenvalue weighted by Gasteiger charge is -2.27. The Labute approximate surface area is 105 Å². The van der Waals surface area contributed by atoms with Crippen molar-refractivity contribution in [3.05, 3.63) is 12.2 Å². The lowest BCUT2D eigenvalue weighted by atomic mass is 10.3. The van der Waals surface area contributed by atoms with Gasteiger partial charge in [-0.15, -0.1) is 0 Å². The lowest BCUT2D eigenvalue weighted by molar-refractivity contribution is -0.131. The van der Waals surface area contributed by atoms with Crippen LogP contribution in [0.5, 0.6) is 0 Å². The highest BCUT2D eigenvalue weighted by Crippen LogP contribution is 1.99. The van der Waals surface area contributed by atoms with Crippen molar-refractivity contribution in [3.8, 4) is 0 Å². The summed E-state index contributed by atoms with van der Waals surface area (Å²) in [6.45, 7) is 4.31. The van der Waals surface area contributed by atoms with Crippen LogP contribution in [0.25, 0.3) is 0 Å². The number of nitrogens with one attached hydrogen (secondary N) is 1. The van der Waals surface area contributed by atoms with Gasteiger partial charge in [0.25, 0.3) is 5.91 Å². The highest BCUT2D eigenvalue weighted by Gasteiger charge is 2.19. The minimum Gasteiger partial charge on any atom is -0.478 e. The van der Waals surface area contributed by atoms with Crippen molar-refractivity contribution in [2.75, 3.05) is 20.3 Å². The molecule has 0 aliphatic rings. The van der Waals surface area contributed by atoms with E-state index in [2.05, 4.69) is 5.32 Å². The van der Waals surface area contributed by atoms with E-state index in [0.717, 1.165) is 6.08 Å². The molecule has 0 spiro atoms. The number of carboxylic acids is 1.